The minimum atomic E-state index is -0.411. The van der Waals surface area contributed by atoms with Crippen LogP contribution in [-0.4, -0.2) is 29.9 Å². The summed E-state index contributed by atoms with van der Waals surface area (Å²) in [6, 6.07) is 10.3. The number of primary amides is 1. The van der Waals surface area contributed by atoms with Gasteiger partial charge in [0.2, 0.25) is 5.91 Å². The molecule has 98 valence electrons. The number of likely N-dealkylation sites (tertiary alicyclic amines) is 1. The van der Waals surface area contributed by atoms with Crippen LogP contribution in [0, 0.1) is 0 Å². The zero-order valence-corrected chi connectivity index (χ0v) is 11.2. The van der Waals surface area contributed by atoms with Crippen LogP contribution < -0.4 is 5.73 Å². The van der Waals surface area contributed by atoms with Crippen LogP contribution in [0.4, 0.5) is 0 Å². The average molecular weight is 267 g/mol. The molecule has 1 aromatic carbocycles. The molecule has 2 fully saturated rings. The van der Waals surface area contributed by atoms with Crippen molar-refractivity contribution in [3.05, 3.63) is 35.9 Å². The van der Waals surface area contributed by atoms with Crippen LogP contribution in [0.2, 0.25) is 0 Å². The molecule has 1 saturated heterocycles. The van der Waals surface area contributed by atoms with Crippen molar-refractivity contribution in [3.8, 4) is 0 Å². The Bertz CT molecular complexity index is 431. The molecule has 3 rings (SSSR count). The van der Waals surface area contributed by atoms with Gasteiger partial charge in [-0.15, -0.1) is 12.4 Å². The first-order valence-corrected chi connectivity index (χ1v) is 6.34. The van der Waals surface area contributed by atoms with Gasteiger partial charge in [0.25, 0.3) is 0 Å². The van der Waals surface area contributed by atoms with Gasteiger partial charge < -0.3 is 5.73 Å². The second kappa shape index (κ2) is 4.90. The van der Waals surface area contributed by atoms with Crippen LogP contribution in [0.5, 0.6) is 0 Å². The highest BCUT2D eigenvalue weighted by Crippen LogP contribution is 2.52. The predicted molar refractivity (Wildman–Crippen MR) is 73.8 cm³/mol. The topological polar surface area (TPSA) is 46.3 Å². The molecule has 3 nitrogen and oxygen atoms in total. The van der Waals surface area contributed by atoms with E-state index in [0.717, 1.165) is 25.1 Å². The number of benzene rings is 1. The summed E-state index contributed by atoms with van der Waals surface area (Å²) in [5, 5.41) is 0. The number of rotatable bonds is 3. The lowest BCUT2D eigenvalue weighted by atomic mass is 9.94. The van der Waals surface area contributed by atoms with Gasteiger partial charge in [0.05, 0.1) is 5.41 Å². The molecule has 0 bridgehead atoms. The van der Waals surface area contributed by atoms with Gasteiger partial charge in [-0.1, -0.05) is 30.3 Å². The highest BCUT2D eigenvalue weighted by molar-refractivity contribution is 5.91. The number of hydrogen-bond donors (Lipinski definition) is 1. The number of hydrogen-bond acceptors (Lipinski definition) is 2. The molecule has 0 radical (unpaired) electrons. The molecule has 1 amide bonds. The summed E-state index contributed by atoms with van der Waals surface area (Å²) in [6.07, 6.45) is 3.40. The first-order valence-electron chi connectivity index (χ1n) is 6.34. The van der Waals surface area contributed by atoms with Crippen LogP contribution >= 0.6 is 12.4 Å². The molecule has 1 aliphatic carbocycles. The van der Waals surface area contributed by atoms with E-state index in [1.54, 1.807) is 0 Å². The largest absolute Gasteiger partial charge is 0.369 e. The van der Waals surface area contributed by atoms with Gasteiger partial charge in [0.1, 0.15) is 0 Å². The van der Waals surface area contributed by atoms with Crippen molar-refractivity contribution >= 4 is 18.3 Å². The molecule has 1 aromatic rings. The molecular formula is C14H19ClN2O. The second-order valence-corrected chi connectivity index (χ2v) is 5.16. The SMILES string of the molecule is Cl.NC(=O)C1(c2ccccc2)CC1N1CCCC1. The fourth-order valence-corrected chi connectivity index (χ4v) is 3.19. The van der Waals surface area contributed by atoms with E-state index in [9.17, 15) is 4.79 Å². The number of halogens is 1. The minimum Gasteiger partial charge on any atom is -0.369 e. The normalized spacial score (nSPS) is 30.8. The van der Waals surface area contributed by atoms with Crippen molar-refractivity contribution in [2.75, 3.05) is 13.1 Å². The van der Waals surface area contributed by atoms with Gasteiger partial charge in [-0.3, -0.25) is 9.69 Å². The fraction of sp³-hybridized carbons (Fsp3) is 0.500. The molecule has 0 spiro atoms. The van der Waals surface area contributed by atoms with Gasteiger partial charge in [-0.25, -0.2) is 0 Å². The number of nitrogens with two attached hydrogens (primary N) is 1. The van der Waals surface area contributed by atoms with E-state index in [1.807, 2.05) is 30.3 Å². The zero-order valence-electron chi connectivity index (χ0n) is 10.3. The highest BCUT2D eigenvalue weighted by Gasteiger charge is 2.62. The van der Waals surface area contributed by atoms with E-state index in [0.29, 0.717) is 6.04 Å². The summed E-state index contributed by atoms with van der Waals surface area (Å²) in [7, 11) is 0. The Balaban J connectivity index is 0.00000120. The van der Waals surface area contributed by atoms with Crippen LogP contribution in [-0.2, 0) is 10.2 Å². The Morgan fingerprint density at radius 2 is 1.83 bits per heavy atom. The van der Waals surface area contributed by atoms with Crippen LogP contribution in [0.1, 0.15) is 24.8 Å². The van der Waals surface area contributed by atoms with Crippen molar-refractivity contribution in [3.63, 3.8) is 0 Å². The number of carbonyl (C=O) groups excluding carboxylic acids is 1. The summed E-state index contributed by atoms with van der Waals surface area (Å²) < 4.78 is 0. The van der Waals surface area contributed by atoms with E-state index >= 15 is 0 Å². The first kappa shape index (κ1) is 13.4. The molecule has 2 N–H and O–H groups in total. The molecule has 4 heteroatoms. The third-order valence-electron chi connectivity index (χ3n) is 4.23. The van der Waals surface area contributed by atoms with E-state index in [4.69, 9.17) is 5.73 Å². The van der Waals surface area contributed by atoms with E-state index in [2.05, 4.69) is 4.90 Å². The lowest BCUT2D eigenvalue weighted by Gasteiger charge is -2.20. The molecule has 2 unspecified atom stereocenters. The Kier molecular flexibility index (Phi) is 3.64. The number of carbonyl (C=O) groups is 1. The van der Waals surface area contributed by atoms with Gasteiger partial charge in [-0.05, 0) is 37.9 Å². The lowest BCUT2D eigenvalue weighted by molar-refractivity contribution is -0.120. The fourth-order valence-electron chi connectivity index (χ4n) is 3.19. The average Bonchev–Trinajstić information content (AvgIpc) is 2.89. The predicted octanol–water partition coefficient (Wildman–Crippen LogP) is 1.70. The number of amides is 1. The molecule has 1 aliphatic heterocycles. The van der Waals surface area contributed by atoms with E-state index < -0.39 is 5.41 Å². The Morgan fingerprint density at radius 1 is 1.22 bits per heavy atom. The first-order chi connectivity index (χ1) is 8.25. The van der Waals surface area contributed by atoms with Crippen LogP contribution in [0.25, 0.3) is 0 Å². The highest BCUT2D eigenvalue weighted by atomic mass is 35.5. The summed E-state index contributed by atoms with van der Waals surface area (Å²) in [5.41, 5.74) is 6.33. The van der Waals surface area contributed by atoms with Gasteiger partial charge in [0.15, 0.2) is 0 Å². The molecular weight excluding hydrogens is 248 g/mol. The Hall–Kier alpha value is -1.06. The van der Waals surface area contributed by atoms with Crippen molar-refractivity contribution in [2.45, 2.75) is 30.7 Å². The van der Waals surface area contributed by atoms with Gasteiger partial charge in [-0.2, -0.15) is 0 Å². The molecule has 18 heavy (non-hydrogen) atoms. The Labute approximate surface area is 114 Å². The summed E-state index contributed by atoms with van der Waals surface area (Å²) >= 11 is 0. The molecule has 0 aromatic heterocycles. The maximum atomic E-state index is 11.8. The standard InChI is InChI=1S/C14H18N2O.ClH/c15-13(17)14(11-6-2-1-3-7-11)10-12(14)16-8-4-5-9-16;/h1-3,6-7,12H,4-5,8-10H2,(H2,15,17);1H. The summed E-state index contributed by atoms with van der Waals surface area (Å²) in [6.45, 7) is 2.24. The van der Waals surface area contributed by atoms with E-state index in [-0.39, 0.29) is 18.3 Å². The van der Waals surface area contributed by atoms with Crippen molar-refractivity contribution in [2.24, 2.45) is 5.73 Å². The summed E-state index contributed by atoms with van der Waals surface area (Å²) in [5.74, 6) is -0.166. The smallest absolute Gasteiger partial charge is 0.229 e. The third kappa shape index (κ3) is 1.91. The lowest BCUT2D eigenvalue weighted by Crippen LogP contribution is -2.37. The zero-order chi connectivity index (χ0) is 11.9. The Morgan fingerprint density at radius 3 is 2.39 bits per heavy atom. The van der Waals surface area contributed by atoms with Crippen LogP contribution in [0.15, 0.2) is 30.3 Å². The van der Waals surface area contributed by atoms with Crippen LogP contribution in [0.3, 0.4) is 0 Å². The van der Waals surface area contributed by atoms with E-state index in [1.165, 1.54) is 12.8 Å². The molecule has 2 aliphatic rings. The molecule has 1 heterocycles. The molecule has 1 saturated carbocycles. The second-order valence-electron chi connectivity index (χ2n) is 5.16. The van der Waals surface area contributed by atoms with Crippen molar-refractivity contribution < 1.29 is 4.79 Å². The maximum Gasteiger partial charge on any atom is 0.229 e. The van der Waals surface area contributed by atoms with Gasteiger partial charge >= 0.3 is 0 Å². The van der Waals surface area contributed by atoms with Gasteiger partial charge in [0, 0.05) is 6.04 Å². The monoisotopic (exact) mass is 266 g/mol. The third-order valence-corrected chi connectivity index (χ3v) is 4.23. The molecule has 2 atom stereocenters. The maximum absolute atomic E-state index is 11.8. The minimum absolute atomic E-state index is 0. The van der Waals surface area contributed by atoms with Crippen molar-refractivity contribution in [1.82, 2.24) is 4.90 Å². The van der Waals surface area contributed by atoms with Crippen molar-refractivity contribution in [1.29, 1.82) is 0 Å². The number of nitrogens with zero attached hydrogens (tertiary/aromatic N) is 1. The quantitative estimate of drug-likeness (QED) is 0.905. The summed E-state index contributed by atoms with van der Waals surface area (Å²) in [4.78, 5) is 14.3.